The molecule has 3 aromatic rings. The van der Waals surface area contributed by atoms with E-state index in [1.165, 1.54) is 0 Å². The molecule has 0 radical (unpaired) electrons. The van der Waals surface area contributed by atoms with Gasteiger partial charge in [0.25, 0.3) is 11.5 Å². The number of esters is 1. The number of carbonyl (C=O) groups is 2. The molecule has 8 nitrogen and oxygen atoms in total. The van der Waals surface area contributed by atoms with Gasteiger partial charge in [0.2, 0.25) is 5.69 Å². The van der Waals surface area contributed by atoms with Gasteiger partial charge in [0, 0.05) is 10.5 Å². The molecule has 166 valence electrons. The Morgan fingerprint density at radius 3 is 2.62 bits per heavy atom. The van der Waals surface area contributed by atoms with E-state index >= 15 is 0 Å². The maximum atomic E-state index is 13.7. The number of anilines is 1. The van der Waals surface area contributed by atoms with Crippen molar-refractivity contribution in [1.82, 2.24) is 9.78 Å². The number of nitrogens with zero attached hydrogens (tertiary/aromatic N) is 2. The predicted molar refractivity (Wildman–Crippen MR) is 114 cm³/mol. The zero-order valence-electron chi connectivity index (χ0n) is 16.6. The second-order valence-electron chi connectivity index (χ2n) is 6.27. The number of halogens is 3. The zero-order valence-corrected chi connectivity index (χ0v) is 18.2. The number of rotatable bonds is 7. The lowest BCUT2D eigenvalue weighted by molar-refractivity contribution is -0.118. The molecule has 0 saturated heterocycles. The van der Waals surface area contributed by atoms with Gasteiger partial charge in [-0.3, -0.25) is 9.59 Å². The molecule has 0 saturated carbocycles. The van der Waals surface area contributed by atoms with Crippen molar-refractivity contribution in [3.63, 3.8) is 0 Å². The Labute approximate surface area is 188 Å². The highest BCUT2D eigenvalue weighted by molar-refractivity contribution is 9.10. The van der Waals surface area contributed by atoms with Crippen LogP contribution in [-0.4, -0.2) is 34.9 Å². The first-order chi connectivity index (χ1) is 15.3. The zero-order chi connectivity index (χ0) is 23.3. The maximum Gasteiger partial charge on any atom is 0.362 e. The Balaban J connectivity index is 1.86. The topological polar surface area (TPSA) is 99.5 Å². The normalized spacial score (nSPS) is 10.5. The molecule has 0 aliphatic rings. The summed E-state index contributed by atoms with van der Waals surface area (Å²) in [5.74, 6) is -3.72. The maximum absolute atomic E-state index is 13.7. The molecule has 3 rings (SSSR count). The van der Waals surface area contributed by atoms with Gasteiger partial charge in [-0.2, -0.15) is 9.78 Å². The van der Waals surface area contributed by atoms with Crippen LogP contribution in [0.15, 0.2) is 57.8 Å². The average Bonchev–Trinajstić information content (AvgIpc) is 2.74. The fourth-order valence-corrected chi connectivity index (χ4v) is 2.99. The molecule has 0 bridgehead atoms. The van der Waals surface area contributed by atoms with Crippen molar-refractivity contribution < 1.29 is 27.8 Å². The van der Waals surface area contributed by atoms with Crippen LogP contribution >= 0.6 is 15.9 Å². The largest absolute Gasteiger partial charge is 0.481 e. The monoisotopic (exact) mass is 507 g/mol. The Hall–Kier alpha value is -3.60. The van der Waals surface area contributed by atoms with Gasteiger partial charge in [-0.05, 0) is 37.3 Å². The molecule has 1 amide bonds. The van der Waals surface area contributed by atoms with Gasteiger partial charge in [0.15, 0.2) is 12.4 Å². The molecule has 1 aromatic heterocycles. The highest BCUT2D eigenvalue weighted by atomic mass is 79.9. The number of benzene rings is 2. The molecule has 0 atom stereocenters. The quantitative estimate of drug-likeness (QED) is 0.491. The second kappa shape index (κ2) is 10.1. The van der Waals surface area contributed by atoms with E-state index in [1.54, 1.807) is 31.2 Å². The fraction of sp³-hybridized carbons (Fsp3) is 0.143. The molecule has 0 fully saturated rings. The number of amides is 1. The number of ether oxygens (including phenoxy) is 2. The smallest absolute Gasteiger partial charge is 0.362 e. The van der Waals surface area contributed by atoms with Crippen molar-refractivity contribution in [2.24, 2.45) is 0 Å². The van der Waals surface area contributed by atoms with E-state index in [9.17, 15) is 23.2 Å². The van der Waals surface area contributed by atoms with E-state index in [2.05, 4.69) is 26.3 Å². The van der Waals surface area contributed by atoms with Crippen molar-refractivity contribution in [1.29, 1.82) is 0 Å². The Morgan fingerprint density at radius 2 is 1.94 bits per heavy atom. The Morgan fingerprint density at radius 1 is 1.16 bits per heavy atom. The molecular formula is C21H16BrF2N3O5. The van der Waals surface area contributed by atoms with E-state index in [4.69, 9.17) is 9.47 Å². The van der Waals surface area contributed by atoms with E-state index in [-0.39, 0.29) is 23.7 Å². The average molecular weight is 508 g/mol. The summed E-state index contributed by atoms with van der Waals surface area (Å²) in [6.07, 6.45) is 0. The van der Waals surface area contributed by atoms with E-state index < -0.39 is 35.7 Å². The van der Waals surface area contributed by atoms with Crippen molar-refractivity contribution in [2.45, 2.75) is 6.92 Å². The van der Waals surface area contributed by atoms with Crippen LogP contribution in [0.1, 0.15) is 17.4 Å². The van der Waals surface area contributed by atoms with Gasteiger partial charge in [-0.15, -0.1) is 0 Å². The molecule has 11 heteroatoms. The first-order valence-corrected chi connectivity index (χ1v) is 10.0. The summed E-state index contributed by atoms with van der Waals surface area (Å²) in [4.78, 5) is 37.0. The molecule has 1 heterocycles. The van der Waals surface area contributed by atoms with Crippen LogP contribution in [0.3, 0.4) is 0 Å². The fourth-order valence-electron chi connectivity index (χ4n) is 2.60. The van der Waals surface area contributed by atoms with Crippen LogP contribution in [0.5, 0.6) is 5.75 Å². The van der Waals surface area contributed by atoms with Gasteiger partial charge in [-0.25, -0.2) is 13.6 Å². The summed E-state index contributed by atoms with van der Waals surface area (Å²) in [5, 5.41) is 6.25. The number of carbonyl (C=O) groups excluding carboxylic acids is 2. The summed E-state index contributed by atoms with van der Waals surface area (Å²) >= 11 is 3.30. The highest BCUT2D eigenvalue weighted by Crippen LogP contribution is 2.19. The summed E-state index contributed by atoms with van der Waals surface area (Å²) in [5.41, 5.74) is -0.830. The third-order valence-electron chi connectivity index (χ3n) is 3.98. The minimum absolute atomic E-state index is 0.0420. The molecular weight excluding hydrogens is 492 g/mol. The van der Waals surface area contributed by atoms with Crippen molar-refractivity contribution in [3.05, 3.63) is 80.7 Å². The Kier molecular flexibility index (Phi) is 7.31. The molecule has 0 aliphatic carbocycles. The molecule has 1 N–H and O–H groups in total. The lowest BCUT2D eigenvalue weighted by Crippen LogP contribution is -2.27. The van der Waals surface area contributed by atoms with Crippen molar-refractivity contribution in [2.75, 3.05) is 18.5 Å². The van der Waals surface area contributed by atoms with Crippen molar-refractivity contribution in [3.8, 4) is 11.4 Å². The predicted octanol–water partition coefficient (Wildman–Crippen LogP) is 3.47. The van der Waals surface area contributed by atoms with Crippen LogP contribution in [0.4, 0.5) is 14.5 Å². The first-order valence-electron chi connectivity index (χ1n) is 9.23. The lowest BCUT2D eigenvalue weighted by atomic mass is 10.3. The van der Waals surface area contributed by atoms with Crippen LogP contribution in [0, 0.1) is 11.6 Å². The molecule has 2 aromatic carbocycles. The van der Waals surface area contributed by atoms with E-state index in [1.807, 2.05) is 0 Å². The van der Waals surface area contributed by atoms with Crippen LogP contribution in [0.25, 0.3) is 5.69 Å². The summed E-state index contributed by atoms with van der Waals surface area (Å²) < 4.78 is 38.6. The SMILES string of the molecule is CCOC(=O)c1nn(-c2cccc(Br)c2)c(=O)cc1OCC(=O)Nc1ccc(F)cc1F. The lowest BCUT2D eigenvalue weighted by Gasteiger charge is -2.13. The minimum atomic E-state index is -0.969. The van der Waals surface area contributed by atoms with Crippen LogP contribution < -0.4 is 15.6 Å². The van der Waals surface area contributed by atoms with Gasteiger partial charge in [0.1, 0.15) is 11.6 Å². The molecule has 32 heavy (non-hydrogen) atoms. The highest BCUT2D eigenvalue weighted by Gasteiger charge is 2.21. The number of nitrogens with one attached hydrogen (secondary N) is 1. The number of hydrogen-bond donors (Lipinski definition) is 1. The second-order valence-corrected chi connectivity index (χ2v) is 7.18. The van der Waals surface area contributed by atoms with E-state index in [0.717, 1.165) is 22.9 Å². The molecule has 0 unspecified atom stereocenters. The molecule has 0 aliphatic heterocycles. The Bertz CT molecular complexity index is 1230. The third-order valence-corrected chi connectivity index (χ3v) is 4.48. The van der Waals surface area contributed by atoms with Gasteiger partial charge < -0.3 is 14.8 Å². The van der Waals surface area contributed by atoms with Gasteiger partial charge in [0.05, 0.1) is 24.0 Å². The number of aromatic nitrogens is 2. The number of hydrogen-bond acceptors (Lipinski definition) is 6. The van der Waals surface area contributed by atoms with Gasteiger partial charge in [-0.1, -0.05) is 22.0 Å². The van der Waals surface area contributed by atoms with Crippen LogP contribution in [0.2, 0.25) is 0 Å². The standard InChI is InChI=1S/C21H16BrF2N3O5/c1-2-31-21(30)20-17(10-19(29)27(26-20)14-5-3-4-12(22)8-14)32-11-18(28)25-16-7-6-13(23)9-15(16)24/h3-10H,2,11H2,1H3,(H,25,28). The summed E-state index contributed by atoms with van der Waals surface area (Å²) in [6, 6.07) is 10.3. The first kappa shape index (κ1) is 23.1. The van der Waals surface area contributed by atoms with E-state index in [0.29, 0.717) is 16.2 Å². The van der Waals surface area contributed by atoms with Crippen molar-refractivity contribution >= 4 is 33.5 Å². The minimum Gasteiger partial charge on any atom is -0.481 e. The van der Waals surface area contributed by atoms with Gasteiger partial charge >= 0.3 is 5.97 Å². The molecule has 0 spiro atoms. The van der Waals surface area contributed by atoms with Crippen LogP contribution in [-0.2, 0) is 9.53 Å². The summed E-state index contributed by atoms with van der Waals surface area (Å²) in [6.45, 7) is 0.957. The third kappa shape index (κ3) is 5.55. The summed E-state index contributed by atoms with van der Waals surface area (Å²) in [7, 11) is 0.